The lowest BCUT2D eigenvalue weighted by atomic mass is 9.90. The molecular formula is C14H30N2O. The van der Waals surface area contributed by atoms with E-state index in [1.54, 1.807) is 0 Å². The maximum absolute atomic E-state index is 9.78. The Bertz CT molecular complexity index is 200. The van der Waals surface area contributed by atoms with E-state index in [0.29, 0.717) is 12.0 Å². The van der Waals surface area contributed by atoms with Gasteiger partial charge in [0.05, 0.1) is 6.10 Å². The number of hydrogen-bond acceptors (Lipinski definition) is 3. The first-order valence-corrected chi connectivity index (χ1v) is 7.18. The molecule has 0 amide bonds. The largest absolute Gasteiger partial charge is 0.392 e. The van der Waals surface area contributed by atoms with Crippen LogP contribution in [0.25, 0.3) is 0 Å². The SMILES string of the molecule is CCN1CCC(C(C)NCC(O)C(C)C)CC1. The molecule has 1 fully saturated rings. The van der Waals surface area contributed by atoms with Crippen molar-refractivity contribution in [2.75, 3.05) is 26.2 Å². The zero-order chi connectivity index (χ0) is 12.8. The lowest BCUT2D eigenvalue weighted by molar-refractivity contribution is 0.110. The van der Waals surface area contributed by atoms with Crippen molar-refractivity contribution < 1.29 is 5.11 Å². The number of aliphatic hydroxyl groups excluding tert-OH is 1. The van der Waals surface area contributed by atoms with Gasteiger partial charge < -0.3 is 15.3 Å². The van der Waals surface area contributed by atoms with Gasteiger partial charge in [0.1, 0.15) is 0 Å². The van der Waals surface area contributed by atoms with Crippen LogP contribution in [0.2, 0.25) is 0 Å². The summed E-state index contributed by atoms with van der Waals surface area (Å²) in [5.74, 6) is 1.12. The van der Waals surface area contributed by atoms with E-state index in [4.69, 9.17) is 0 Å². The van der Waals surface area contributed by atoms with Gasteiger partial charge in [-0.3, -0.25) is 0 Å². The number of nitrogens with zero attached hydrogens (tertiary/aromatic N) is 1. The summed E-state index contributed by atoms with van der Waals surface area (Å²) in [5.41, 5.74) is 0. The Labute approximate surface area is 107 Å². The molecule has 0 saturated carbocycles. The molecular weight excluding hydrogens is 212 g/mol. The summed E-state index contributed by atoms with van der Waals surface area (Å²) in [6, 6.07) is 0.530. The second-order valence-electron chi connectivity index (χ2n) is 5.78. The second kappa shape index (κ2) is 7.34. The summed E-state index contributed by atoms with van der Waals surface area (Å²) < 4.78 is 0. The maximum atomic E-state index is 9.78. The molecule has 0 bridgehead atoms. The van der Waals surface area contributed by atoms with E-state index in [1.807, 2.05) is 0 Å². The summed E-state index contributed by atoms with van der Waals surface area (Å²) in [4.78, 5) is 2.52. The third kappa shape index (κ3) is 4.94. The Morgan fingerprint density at radius 3 is 2.29 bits per heavy atom. The normalized spacial score (nSPS) is 22.9. The van der Waals surface area contributed by atoms with Crippen molar-refractivity contribution in [2.45, 2.75) is 52.7 Å². The molecule has 1 aliphatic heterocycles. The summed E-state index contributed by atoms with van der Waals surface area (Å²) in [6.45, 7) is 13.0. The highest BCUT2D eigenvalue weighted by atomic mass is 16.3. The highest BCUT2D eigenvalue weighted by Gasteiger charge is 2.23. The van der Waals surface area contributed by atoms with E-state index in [1.165, 1.54) is 32.5 Å². The van der Waals surface area contributed by atoms with E-state index in [0.717, 1.165) is 12.5 Å². The van der Waals surface area contributed by atoms with Crippen molar-refractivity contribution >= 4 is 0 Å². The van der Waals surface area contributed by atoms with Crippen LogP contribution in [-0.4, -0.2) is 48.3 Å². The predicted molar refractivity (Wildman–Crippen MR) is 73.1 cm³/mol. The smallest absolute Gasteiger partial charge is 0.0687 e. The minimum Gasteiger partial charge on any atom is -0.392 e. The van der Waals surface area contributed by atoms with Crippen molar-refractivity contribution in [2.24, 2.45) is 11.8 Å². The van der Waals surface area contributed by atoms with Crippen LogP contribution in [0.1, 0.15) is 40.5 Å². The molecule has 0 aromatic carbocycles. The molecule has 1 aliphatic rings. The molecule has 3 heteroatoms. The third-order valence-corrected chi connectivity index (χ3v) is 4.21. The van der Waals surface area contributed by atoms with Crippen LogP contribution in [0, 0.1) is 11.8 Å². The summed E-state index contributed by atoms with van der Waals surface area (Å²) >= 11 is 0. The summed E-state index contributed by atoms with van der Waals surface area (Å²) in [6.07, 6.45) is 2.37. The summed E-state index contributed by atoms with van der Waals surface area (Å²) in [7, 11) is 0. The fourth-order valence-corrected chi connectivity index (χ4v) is 2.48. The van der Waals surface area contributed by atoms with Crippen LogP contribution in [0.15, 0.2) is 0 Å². The number of rotatable bonds is 6. The Balaban J connectivity index is 2.22. The average molecular weight is 242 g/mol. The molecule has 2 N–H and O–H groups in total. The van der Waals surface area contributed by atoms with Gasteiger partial charge in [-0.1, -0.05) is 20.8 Å². The lowest BCUT2D eigenvalue weighted by Crippen LogP contribution is -2.44. The highest BCUT2D eigenvalue weighted by Crippen LogP contribution is 2.20. The standard InChI is InChI=1S/C14H30N2O/c1-5-16-8-6-13(7-9-16)12(4)15-10-14(17)11(2)3/h11-15,17H,5-10H2,1-4H3. The predicted octanol–water partition coefficient (Wildman–Crippen LogP) is 1.71. The van der Waals surface area contributed by atoms with E-state index in [2.05, 4.69) is 37.9 Å². The first kappa shape index (κ1) is 14.9. The molecule has 1 rings (SSSR count). The first-order chi connectivity index (χ1) is 8.04. The van der Waals surface area contributed by atoms with Crippen molar-refractivity contribution in [1.29, 1.82) is 0 Å². The fraction of sp³-hybridized carbons (Fsp3) is 1.00. The van der Waals surface area contributed by atoms with Crippen LogP contribution >= 0.6 is 0 Å². The van der Waals surface area contributed by atoms with Gasteiger partial charge in [0.15, 0.2) is 0 Å². The van der Waals surface area contributed by atoms with Gasteiger partial charge in [0, 0.05) is 12.6 Å². The van der Waals surface area contributed by atoms with E-state index >= 15 is 0 Å². The minimum absolute atomic E-state index is 0.215. The molecule has 3 nitrogen and oxygen atoms in total. The molecule has 1 saturated heterocycles. The van der Waals surface area contributed by atoms with Crippen LogP contribution < -0.4 is 5.32 Å². The Morgan fingerprint density at radius 2 is 1.82 bits per heavy atom. The van der Waals surface area contributed by atoms with Gasteiger partial charge in [-0.2, -0.15) is 0 Å². The zero-order valence-electron chi connectivity index (χ0n) is 11.9. The van der Waals surface area contributed by atoms with Crippen molar-refractivity contribution in [3.05, 3.63) is 0 Å². The van der Waals surface area contributed by atoms with E-state index < -0.39 is 0 Å². The topological polar surface area (TPSA) is 35.5 Å². The zero-order valence-corrected chi connectivity index (χ0v) is 11.9. The maximum Gasteiger partial charge on any atom is 0.0687 e. The van der Waals surface area contributed by atoms with Gasteiger partial charge in [-0.05, 0) is 51.2 Å². The van der Waals surface area contributed by atoms with E-state index in [-0.39, 0.29) is 6.10 Å². The van der Waals surface area contributed by atoms with Crippen molar-refractivity contribution in [3.8, 4) is 0 Å². The molecule has 1 heterocycles. The molecule has 102 valence electrons. The van der Waals surface area contributed by atoms with Gasteiger partial charge in [0.25, 0.3) is 0 Å². The van der Waals surface area contributed by atoms with Gasteiger partial charge in [-0.25, -0.2) is 0 Å². The summed E-state index contributed by atoms with van der Waals surface area (Å²) in [5, 5.41) is 13.3. The molecule has 0 aliphatic carbocycles. The highest BCUT2D eigenvalue weighted by molar-refractivity contribution is 4.80. The van der Waals surface area contributed by atoms with Gasteiger partial charge in [0.2, 0.25) is 0 Å². The molecule has 0 aromatic heterocycles. The average Bonchev–Trinajstić information content (AvgIpc) is 2.35. The number of likely N-dealkylation sites (tertiary alicyclic amines) is 1. The Hall–Kier alpha value is -0.120. The van der Waals surface area contributed by atoms with Crippen LogP contribution in [0.4, 0.5) is 0 Å². The molecule has 0 radical (unpaired) electrons. The van der Waals surface area contributed by atoms with Crippen molar-refractivity contribution in [1.82, 2.24) is 10.2 Å². The number of aliphatic hydroxyl groups is 1. The fourth-order valence-electron chi connectivity index (χ4n) is 2.48. The Morgan fingerprint density at radius 1 is 1.24 bits per heavy atom. The third-order valence-electron chi connectivity index (χ3n) is 4.21. The quantitative estimate of drug-likeness (QED) is 0.744. The second-order valence-corrected chi connectivity index (χ2v) is 5.78. The molecule has 0 spiro atoms. The van der Waals surface area contributed by atoms with Crippen LogP contribution in [0.3, 0.4) is 0 Å². The number of piperidine rings is 1. The van der Waals surface area contributed by atoms with Crippen molar-refractivity contribution in [3.63, 3.8) is 0 Å². The first-order valence-electron chi connectivity index (χ1n) is 7.18. The van der Waals surface area contributed by atoms with Crippen LogP contribution in [0.5, 0.6) is 0 Å². The van der Waals surface area contributed by atoms with Gasteiger partial charge in [-0.15, -0.1) is 0 Å². The number of hydrogen-bond donors (Lipinski definition) is 2. The molecule has 0 aromatic rings. The molecule has 2 unspecified atom stereocenters. The molecule has 2 atom stereocenters. The Kier molecular flexibility index (Phi) is 6.45. The van der Waals surface area contributed by atoms with Gasteiger partial charge >= 0.3 is 0 Å². The van der Waals surface area contributed by atoms with Crippen LogP contribution in [-0.2, 0) is 0 Å². The monoisotopic (exact) mass is 242 g/mol. The lowest BCUT2D eigenvalue weighted by Gasteiger charge is -2.35. The number of nitrogens with one attached hydrogen (secondary N) is 1. The van der Waals surface area contributed by atoms with E-state index in [9.17, 15) is 5.11 Å². The molecule has 17 heavy (non-hydrogen) atoms. The minimum atomic E-state index is -0.215.